The number of aromatic nitrogens is 3. The molecule has 0 saturated heterocycles. The van der Waals surface area contributed by atoms with E-state index in [2.05, 4.69) is 26.8 Å². The molecule has 3 aromatic rings. The van der Waals surface area contributed by atoms with Crippen LogP contribution in [0, 0.1) is 0 Å². The predicted octanol–water partition coefficient (Wildman–Crippen LogP) is 4.72. The van der Waals surface area contributed by atoms with Gasteiger partial charge in [-0.1, -0.05) is 18.7 Å². The molecule has 1 aromatic carbocycles. The van der Waals surface area contributed by atoms with Crippen molar-refractivity contribution in [3.05, 3.63) is 89.0 Å². The first-order valence-electron chi connectivity index (χ1n) is 12.2. The summed E-state index contributed by atoms with van der Waals surface area (Å²) in [5.41, 5.74) is 3.53. The number of H-pyrrole nitrogens is 1. The molecule has 1 amide bonds. The quantitative estimate of drug-likeness (QED) is 0.422. The van der Waals surface area contributed by atoms with E-state index in [0.29, 0.717) is 43.2 Å². The van der Waals surface area contributed by atoms with Gasteiger partial charge in [-0.05, 0) is 61.2 Å². The minimum Gasteiger partial charge on any atom is -0.493 e. The number of nitrogens with zero attached hydrogens (tertiary/aromatic N) is 2. The number of hydrogen-bond acceptors (Lipinski definition) is 7. The number of sulfone groups is 1. The van der Waals surface area contributed by atoms with Crippen LogP contribution in [-0.2, 0) is 27.5 Å². The molecule has 2 aromatic heterocycles. The minimum absolute atomic E-state index is 0.0125. The number of pyridine rings is 1. The third kappa shape index (κ3) is 5.40. The highest BCUT2D eigenvalue weighted by Crippen LogP contribution is 2.37. The molecule has 0 spiro atoms. The number of benzene rings is 1. The van der Waals surface area contributed by atoms with Crippen molar-refractivity contribution >= 4 is 27.1 Å². The lowest BCUT2D eigenvalue weighted by Gasteiger charge is -2.25. The number of amides is 1. The van der Waals surface area contributed by atoms with Crippen molar-refractivity contribution in [1.29, 1.82) is 0 Å². The number of imidazole rings is 1. The van der Waals surface area contributed by atoms with Gasteiger partial charge in [0.25, 0.3) is 0 Å². The Labute approximate surface area is 221 Å². The van der Waals surface area contributed by atoms with Gasteiger partial charge in [0.15, 0.2) is 9.84 Å². The molecule has 10 heteroatoms. The third-order valence-electron chi connectivity index (χ3n) is 6.57. The number of allylic oxidation sites excluding steroid dienone is 4. The molecule has 9 nitrogen and oxygen atoms in total. The van der Waals surface area contributed by atoms with Gasteiger partial charge in [0.05, 0.1) is 29.3 Å². The van der Waals surface area contributed by atoms with Crippen LogP contribution in [0.5, 0.6) is 17.2 Å². The largest absolute Gasteiger partial charge is 0.493 e. The number of ether oxygens (including phenoxy) is 2. The average Bonchev–Trinajstić information content (AvgIpc) is 3.38. The van der Waals surface area contributed by atoms with Gasteiger partial charge >= 0.3 is 0 Å². The molecule has 2 aliphatic rings. The summed E-state index contributed by atoms with van der Waals surface area (Å²) in [5, 5.41) is 2.79. The van der Waals surface area contributed by atoms with Crippen LogP contribution < -0.4 is 14.8 Å². The summed E-state index contributed by atoms with van der Waals surface area (Å²) in [5.74, 6) is 3.46. The van der Waals surface area contributed by atoms with Gasteiger partial charge in [0.1, 0.15) is 28.9 Å². The van der Waals surface area contributed by atoms with Crippen LogP contribution in [0.4, 0.5) is 5.82 Å². The fourth-order valence-electron chi connectivity index (χ4n) is 4.47. The first-order chi connectivity index (χ1) is 18.2. The minimum atomic E-state index is -3.34. The standard InChI is InChI=1S/C28H28N4O5S/c1-4-21(38(3,34)35)7-5-17(2)23-15-30-27(31-23)19-13-18-14-20(6-9-24(18)36-16-19)37-25-11-12-29-28-22(25)8-10-26(33)32-28/h4-7,9,11-12,14-15,19H,1,8,10,13,16H2,2-3H3,(H,30,31)(H,29,32,33)/b17-5+,21-7+. The highest BCUT2D eigenvalue weighted by Gasteiger charge is 2.25. The van der Waals surface area contributed by atoms with Gasteiger partial charge in [-0.2, -0.15) is 0 Å². The Morgan fingerprint density at radius 1 is 1.21 bits per heavy atom. The van der Waals surface area contributed by atoms with Crippen LogP contribution in [0.2, 0.25) is 0 Å². The van der Waals surface area contributed by atoms with Crippen LogP contribution in [-0.4, -0.2) is 42.1 Å². The Kier molecular flexibility index (Phi) is 6.90. The second-order valence-corrected chi connectivity index (χ2v) is 11.4. The highest BCUT2D eigenvalue weighted by molar-refractivity contribution is 7.94. The van der Waals surface area contributed by atoms with E-state index in [0.717, 1.165) is 40.2 Å². The molecule has 0 fully saturated rings. The lowest BCUT2D eigenvalue weighted by molar-refractivity contribution is -0.116. The van der Waals surface area contributed by atoms with E-state index < -0.39 is 9.84 Å². The SMILES string of the molecule is C=C/C(=C\C=C(/C)c1cnc(C2COc3ccc(Oc4ccnc5c4CCC(=O)N5)cc3C2)[nH]1)S(C)(=O)=O. The molecule has 1 unspecified atom stereocenters. The Bertz CT molecular complexity index is 1590. The molecular formula is C28H28N4O5S. The van der Waals surface area contributed by atoms with E-state index in [-0.39, 0.29) is 16.7 Å². The van der Waals surface area contributed by atoms with E-state index in [9.17, 15) is 13.2 Å². The molecule has 0 bridgehead atoms. The number of anilines is 1. The lowest BCUT2D eigenvalue weighted by Crippen LogP contribution is -2.21. The number of rotatable bonds is 7. The fraction of sp³-hybridized carbons (Fsp3) is 0.250. The summed E-state index contributed by atoms with van der Waals surface area (Å²) in [7, 11) is -3.34. The number of carbonyl (C=O) groups is 1. The van der Waals surface area contributed by atoms with Gasteiger partial charge in [-0.3, -0.25) is 4.79 Å². The maximum atomic E-state index is 11.8. The monoisotopic (exact) mass is 532 g/mol. The molecule has 0 aliphatic carbocycles. The van der Waals surface area contributed by atoms with Gasteiger partial charge in [0.2, 0.25) is 5.91 Å². The van der Waals surface area contributed by atoms with Crippen LogP contribution in [0.15, 0.2) is 66.4 Å². The number of carbonyl (C=O) groups excluding carboxylic acids is 1. The van der Waals surface area contributed by atoms with Crippen molar-refractivity contribution < 1.29 is 22.7 Å². The smallest absolute Gasteiger partial charge is 0.225 e. The molecule has 38 heavy (non-hydrogen) atoms. The van der Waals surface area contributed by atoms with E-state index in [1.165, 1.54) is 12.2 Å². The first kappa shape index (κ1) is 25.5. The molecule has 1 atom stereocenters. The molecule has 0 radical (unpaired) electrons. The zero-order valence-electron chi connectivity index (χ0n) is 21.2. The molecular weight excluding hydrogens is 504 g/mol. The Balaban J connectivity index is 1.32. The summed E-state index contributed by atoms with van der Waals surface area (Å²) >= 11 is 0. The molecule has 196 valence electrons. The average molecular weight is 533 g/mol. The number of hydrogen-bond donors (Lipinski definition) is 2. The van der Waals surface area contributed by atoms with Crippen molar-refractivity contribution in [3.63, 3.8) is 0 Å². The summed E-state index contributed by atoms with van der Waals surface area (Å²) in [6.07, 6.45) is 10.8. The summed E-state index contributed by atoms with van der Waals surface area (Å²) < 4.78 is 35.8. The van der Waals surface area contributed by atoms with E-state index >= 15 is 0 Å². The van der Waals surface area contributed by atoms with E-state index in [4.69, 9.17) is 9.47 Å². The van der Waals surface area contributed by atoms with Crippen LogP contribution in [0.3, 0.4) is 0 Å². The van der Waals surface area contributed by atoms with Crippen molar-refractivity contribution in [3.8, 4) is 17.2 Å². The highest BCUT2D eigenvalue weighted by atomic mass is 32.2. The van der Waals surface area contributed by atoms with Crippen LogP contribution in [0.25, 0.3) is 5.57 Å². The van der Waals surface area contributed by atoms with Crippen LogP contribution in [0.1, 0.15) is 41.9 Å². The third-order valence-corrected chi connectivity index (χ3v) is 7.73. The molecule has 2 aliphatic heterocycles. The Morgan fingerprint density at radius 2 is 2.05 bits per heavy atom. The fourth-order valence-corrected chi connectivity index (χ4v) is 5.09. The number of fused-ring (bicyclic) bond motifs is 2. The van der Waals surface area contributed by atoms with Gasteiger partial charge in [-0.25, -0.2) is 18.4 Å². The van der Waals surface area contributed by atoms with Crippen molar-refractivity contribution in [2.45, 2.75) is 32.1 Å². The maximum Gasteiger partial charge on any atom is 0.225 e. The second kappa shape index (κ2) is 10.3. The number of nitrogens with one attached hydrogen (secondary N) is 2. The van der Waals surface area contributed by atoms with Crippen LogP contribution >= 0.6 is 0 Å². The molecule has 2 N–H and O–H groups in total. The maximum absolute atomic E-state index is 11.8. The summed E-state index contributed by atoms with van der Waals surface area (Å²) in [4.78, 5) is 24.0. The molecule has 0 saturated carbocycles. The van der Waals surface area contributed by atoms with Crippen molar-refractivity contribution in [2.75, 3.05) is 18.2 Å². The van der Waals surface area contributed by atoms with E-state index in [1.54, 1.807) is 24.5 Å². The van der Waals surface area contributed by atoms with Crippen molar-refractivity contribution in [1.82, 2.24) is 15.0 Å². The van der Waals surface area contributed by atoms with Crippen molar-refractivity contribution in [2.24, 2.45) is 0 Å². The lowest BCUT2D eigenvalue weighted by atomic mass is 9.96. The predicted molar refractivity (Wildman–Crippen MR) is 145 cm³/mol. The zero-order valence-corrected chi connectivity index (χ0v) is 22.0. The topological polar surface area (TPSA) is 123 Å². The number of aromatic amines is 1. The first-order valence-corrected chi connectivity index (χ1v) is 14.1. The van der Waals surface area contributed by atoms with E-state index in [1.807, 2.05) is 25.1 Å². The van der Waals surface area contributed by atoms with Gasteiger partial charge in [0, 0.05) is 24.4 Å². The second-order valence-electron chi connectivity index (χ2n) is 9.35. The Hall–Kier alpha value is -4.18. The molecule has 4 heterocycles. The van der Waals surface area contributed by atoms with Gasteiger partial charge in [-0.15, -0.1) is 0 Å². The summed E-state index contributed by atoms with van der Waals surface area (Å²) in [6, 6.07) is 7.55. The zero-order chi connectivity index (χ0) is 26.9. The summed E-state index contributed by atoms with van der Waals surface area (Å²) in [6.45, 7) is 5.94. The normalized spacial score (nSPS) is 17.6. The Morgan fingerprint density at radius 3 is 2.84 bits per heavy atom. The van der Waals surface area contributed by atoms with Gasteiger partial charge < -0.3 is 19.8 Å². The molecule has 5 rings (SSSR count).